The zero-order valence-electron chi connectivity index (χ0n) is 11.4. The van der Waals surface area contributed by atoms with Crippen molar-refractivity contribution in [3.63, 3.8) is 0 Å². The zero-order chi connectivity index (χ0) is 14.5. The summed E-state index contributed by atoms with van der Waals surface area (Å²) in [6, 6.07) is 13.0. The Balaban J connectivity index is 2.01. The maximum absolute atomic E-state index is 11.7. The van der Waals surface area contributed by atoms with Crippen molar-refractivity contribution in [2.45, 2.75) is 13.8 Å². The minimum atomic E-state index is -0.410. The lowest BCUT2D eigenvalue weighted by Crippen LogP contribution is -2.03. The number of benzene rings is 2. The largest absolute Gasteiger partial charge is 0.423 e. The van der Waals surface area contributed by atoms with Gasteiger partial charge in [-0.2, -0.15) is 0 Å². The van der Waals surface area contributed by atoms with E-state index in [0.29, 0.717) is 10.8 Å². The van der Waals surface area contributed by atoms with Crippen LogP contribution in [0.4, 0.5) is 0 Å². The molecule has 0 aliphatic heterocycles. The standard InChI is InChI=1S/C17H15ClO2/c1-12-3-5-14(6-4-12)7-10-17(19)20-15-8-9-16(18)13(2)11-15/h3-11H,1-2H3/b10-7+. The lowest BCUT2D eigenvalue weighted by molar-refractivity contribution is -0.128. The van der Waals surface area contributed by atoms with Crippen molar-refractivity contribution in [2.24, 2.45) is 0 Å². The molecule has 0 amide bonds. The molecule has 0 unspecified atom stereocenters. The molecule has 3 heteroatoms. The van der Waals surface area contributed by atoms with Crippen LogP contribution in [0.2, 0.25) is 5.02 Å². The Kier molecular flexibility index (Phi) is 4.59. The molecule has 0 aliphatic carbocycles. The Hall–Kier alpha value is -2.06. The molecule has 20 heavy (non-hydrogen) atoms. The summed E-state index contributed by atoms with van der Waals surface area (Å²) in [5, 5.41) is 0.653. The fourth-order valence-electron chi connectivity index (χ4n) is 1.67. The second kappa shape index (κ2) is 6.40. The van der Waals surface area contributed by atoms with E-state index in [1.54, 1.807) is 24.3 Å². The van der Waals surface area contributed by atoms with Crippen LogP contribution >= 0.6 is 11.6 Å². The van der Waals surface area contributed by atoms with Crippen LogP contribution in [-0.4, -0.2) is 5.97 Å². The number of rotatable bonds is 3. The lowest BCUT2D eigenvalue weighted by Gasteiger charge is -2.03. The van der Waals surface area contributed by atoms with E-state index in [9.17, 15) is 4.79 Å². The molecule has 0 N–H and O–H groups in total. The van der Waals surface area contributed by atoms with Crippen LogP contribution < -0.4 is 4.74 Å². The number of aryl methyl sites for hydroxylation is 2. The molecule has 2 nitrogen and oxygen atoms in total. The minimum absolute atomic E-state index is 0.410. The van der Waals surface area contributed by atoms with Gasteiger partial charge in [0.2, 0.25) is 0 Å². The second-order valence-electron chi connectivity index (χ2n) is 4.58. The smallest absolute Gasteiger partial charge is 0.336 e. The third-order valence-corrected chi connectivity index (χ3v) is 3.26. The van der Waals surface area contributed by atoms with E-state index < -0.39 is 5.97 Å². The first-order valence-corrected chi connectivity index (χ1v) is 6.65. The summed E-state index contributed by atoms with van der Waals surface area (Å²) >= 11 is 5.92. The Morgan fingerprint density at radius 2 is 1.80 bits per heavy atom. The molecular formula is C17H15ClO2. The molecule has 102 valence electrons. The number of carbonyl (C=O) groups is 1. The molecule has 0 aliphatic rings. The van der Waals surface area contributed by atoms with Gasteiger partial charge in [0.1, 0.15) is 5.75 Å². The zero-order valence-corrected chi connectivity index (χ0v) is 12.1. The monoisotopic (exact) mass is 286 g/mol. The molecule has 2 aromatic rings. The Bertz CT molecular complexity index is 643. The highest BCUT2D eigenvalue weighted by atomic mass is 35.5. The molecule has 0 saturated heterocycles. The van der Waals surface area contributed by atoms with Crippen molar-refractivity contribution < 1.29 is 9.53 Å². The third kappa shape index (κ3) is 3.97. The maximum atomic E-state index is 11.7. The van der Waals surface area contributed by atoms with Crippen molar-refractivity contribution in [1.29, 1.82) is 0 Å². The van der Waals surface area contributed by atoms with E-state index in [1.165, 1.54) is 11.6 Å². The van der Waals surface area contributed by atoms with Gasteiger partial charge < -0.3 is 4.74 Å². The topological polar surface area (TPSA) is 26.3 Å². The summed E-state index contributed by atoms with van der Waals surface area (Å²) < 4.78 is 5.21. The molecule has 0 fully saturated rings. The SMILES string of the molecule is Cc1ccc(/C=C/C(=O)Oc2ccc(Cl)c(C)c2)cc1. The van der Waals surface area contributed by atoms with Gasteiger partial charge in [0, 0.05) is 11.1 Å². The minimum Gasteiger partial charge on any atom is -0.423 e. The lowest BCUT2D eigenvalue weighted by atomic mass is 10.1. The fourth-order valence-corrected chi connectivity index (χ4v) is 1.79. The van der Waals surface area contributed by atoms with E-state index in [0.717, 1.165) is 11.1 Å². The first-order chi connectivity index (χ1) is 9.54. The van der Waals surface area contributed by atoms with Crippen LogP contribution in [0.1, 0.15) is 16.7 Å². The molecule has 0 spiro atoms. The van der Waals surface area contributed by atoms with Crippen molar-refractivity contribution >= 4 is 23.6 Å². The third-order valence-electron chi connectivity index (χ3n) is 2.84. The summed E-state index contributed by atoms with van der Waals surface area (Å²) in [5.74, 6) is 0.0813. The van der Waals surface area contributed by atoms with Gasteiger partial charge in [-0.3, -0.25) is 0 Å². The summed E-state index contributed by atoms with van der Waals surface area (Å²) in [7, 11) is 0. The summed E-state index contributed by atoms with van der Waals surface area (Å²) in [5.41, 5.74) is 3.01. The summed E-state index contributed by atoms with van der Waals surface area (Å²) in [4.78, 5) is 11.7. The van der Waals surface area contributed by atoms with Crippen molar-refractivity contribution in [2.75, 3.05) is 0 Å². The van der Waals surface area contributed by atoms with Gasteiger partial charge in [-0.25, -0.2) is 4.79 Å². The average molecular weight is 287 g/mol. The predicted molar refractivity (Wildman–Crippen MR) is 82.0 cm³/mol. The number of hydrogen-bond donors (Lipinski definition) is 0. The first kappa shape index (κ1) is 14.4. The molecule has 2 rings (SSSR count). The van der Waals surface area contributed by atoms with Crippen molar-refractivity contribution in [3.05, 3.63) is 70.3 Å². The van der Waals surface area contributed by atoms with E-state index >= 15 is 0 Å². The van der Waals surface area contributed by atoms with Gasteiger partial charge in [0.05, 0.1) is 0 Å². The first-order valence-electron chi connectivity index (χ1n) is 6.27. The fraction of sp³-hybridized carbons (Fsp3) is 0.118. The quantitative estimate of drug-likeness (QED) is 0.469. The molecule has 0 radical (unpaired) electrons. The number of ether oxygens (including phenoxy) is 1. The summed E-state index contributed by atoms with van der Waals surface area (Å²) in [6.45, 7) is 3.88. The normalized spacial score (nSPS) is 10.8. The highest BCUT2D eigenvalue weighted by Crippen LogP contribution is 2.21. The predicted octanol–water partition coefficient (Wildman–Crippen LogP) is 4.58. The number of esters is 1. The molecule has 2 aromatic carbocycles. The molecule has 0 saturated carbocycles. The van der Waals surface area contributed by atoms with Crippen LogP contribution in [0.15, 0.2) is 48.5 Å². The molecule has 0 aromatic heterocycles. The Morgan fingerprint density at radius 1 is 1.10 bits per heavy atom. The number of carbonyl (C=O) groups excluding carboxylic acids is 1. The van der Waals surface area contributed by atoms with Gasteiger partial charge in [-0.15, -0.1) is 0 Å². The van der Waals surface area contributed by atoms with Crippen molar-refractivity contribution in [3.8, 4) is 5.75 Å². The second-order valence-corrected chi connectivity index (χ2v) is 4.98. The van der Waals surface area contributed by atoms with Gasteiger partial charge in [-0.1, -0.05) is 41.4 Å². The van der Waals surface area contributed by atoms with Gasteiger partial charge in [-0.05, 0) is 49.2 Å². The van der Waals surface area contributed by atoms with Crippen LogP contribution in [0.5, 0.6) is 5.75 Å². The Morgan fingerprint density at radius 3 is 2.45 bits per heavy atom. The highest BCUT2D eigenvalue weighted by molar-refractivity contribution is 6.31. The van der Waals surface area contributed by atoms with Gasteiger partial charge >= 0.3 is 5.97 Å². The number of hydrogen-bond acceptors (Lipinski definition) is 2. The average Bonchev–Trinajstić information content (AvgIpc) is 2.42. The summed E-state index contributed by atoms with van der Waals surface area (Å²) in [6.07, 6.45) is 3.14. The van der Waals surface area contributed by atoms with Crippen molar-refractivity contribution in [1.82, 2.24) is 0 Å². The van der Waals surface area contributed by atoms with Gasteiger partial charge in [0.15, 0.2) is 0 Å². The van der Waals surface area contributed by atoms with Crippen LogP contribution in [0.25, 0.3) is 6.08 Å². The molecule has 0 bridgehead atoms. The molecular weight excluding hydrogens is 272 g/mol. The van der Waals surface area contributed by atoms with E-state index in [-0.39, 0.29) is 0 Å². The van der Waals surface area contributed by atoms with Crippen LogP contribution in [0, 0.1) is 13.8 Å². The van der Waals surface area contributed by atoms with E-state index in [1.807, 2.05) is 38.1 Å². The maximum Gasteiger partial charge on any atom is 0.336 e. The number of halogens is 1. The van der Waals surface area contributed by atoms with Crippen LogP contribution in [0.3, 0.4) is 0 Å². The highest BCUT2D eigenvalue weighted by Gasteiger charge is 2.02. The molecule has 0 heterocycles. The van der Waals surface area contributed by atoms with Gasteiger partial charge in [0.25, 0.3) is 0 Å². The Labute approximate surface area is 123 Å². The van der Waals surface area contributed by atoms with E-state index in [4.69, 9.17) is 16.3 Å². The van der Waals surface area contributed by atoms with Crippen LogP contribution in [-0.2, 0) is 4.79 Å². The molecule has 0 atom stereocenters. The van der Waals surface area contributed by atoms with E-state index in [2.05, 4.69) is 0 Å².